The Kier molecular flexibility index (Phi) is 7.75. The number of allylic oxidation sites excluding steroid dienone is 2. The number of alkyl halides is 3. The molecule has 0 N–H and O–H groups in total. The molecule has 3 rings (SSSR count). The van der Waals surface area contributed by atoms with Crippen LogP contribution in [0.25, 0.3) is 0 Å². The minimum atomic E-state index is -4.49. The molecule has 172 valence electrons. The maximum absolute atomic E-state index is 14.0. The van der Waals surface area contributed by atoms with Crippen molar-refractivity contribution in [1.82, 2.24) is 0 Å². The summed E-state index contributed by atoms with van der Waals surface area (Å²) in [6, 6.07) is 14.9. The van der Waals surface area contributed by atoms with Crippen molar-refractivity contribution in [2.45, 2.75) is 32.4 Å². The molecule has 0 fully saturated rings. The summed E-state index contributed by atoms with van der Waals surface area (Å²) in [5.41, 5.74) is 1.13. The fourth-order valence-electron chi connectivity index (χ4n) is 3.95. The first kappa shape index (κ1) is 24.4. The van der Waals surface area contributed by atoms with Gasteiger partial charge < -0.3 is 0 Å². The molecule has 8 heteroatoms. The number of quaternary nitrogens is 1. The second-order valence-electron chi connectivity index (χ2n) is 7.57. The molecular formula is C24H28AsF3NO3+. The zero-order valence-electron chi connectivity index (χ0n) is 18.4. The van der Waals surface area contributed by atoms with Crippen LogP contribution in [0.4, 0.5) is 13.2 Å². The Morgan fingerprint density at radius 2 is 1.31 bits per heavy atom. The summed E-state index contributed by atoms with van der Waals surface area (Å²) in [4.78, 5) is 0. The van der Waals surface area contributed by atoms with E-state index in [9.17, 15) is 13.2 Å². The molecule has 32 heavy (non-hydrogen) atoms. The van der Waals surface area contributed by atoms with Crippen LogP contribution < -0.4 is 9.47 Å². The van der Waals surface area contributed by atoms with E-state index in [2.05, 4.69) is 0 Å². The van der Waals surface area contributed by atoms with E-state index < -0.39 is 18.0 Å². The van der Waals surface area contributed by atoms with Crippen molar-refractivity contribution in [1.29, 1.82) is 0 Å². The van der Waals surface area contributed by atoms with Crippen molar-refractivity contribution in [2.75, 3.05) is 20.8 Å². The molecule has 2 unspecified atom stereocenters. The van der Waals surface area contributed by atoms with Crippen molar-refractivity contribution in [3.05, 3.63) is 81.9 Å². The van der Waals surface area contributed by atoms with E-state index in [1.165, 1.54) is 16.9 Å². The van der Waals surface area contributed by atoms with Gasteiger partial charge in [-0.1, -0.05) is 0 Å². The Bertz CT molecular complexity index is 920. The Balaban J connectivity index is 2.11. The molecule has 1 aliphatic rings. The van der Waals surface area contributed by atoms with Gasteiger partial charge in [0.15, 0.2) is 0 Å². The molecule has 1 heterocycles. The average Bonchev–Trinajstić information content (AvgIpc) is 2.77. The number of methoxy groups -OCH3 is 2. The van der Waals surface area contributed by atoms with Crippen molar-refractivity contribution < 1.29 is 31.9 Å². The normalized spacial score (nSPS) is 18.0. The van der Waals surface area contributed by atoms with Crippen molar-refractivity contribution >= 4 is 16.9 Å². The molecular weight excluding hydrogens is 482 g/mol. The van der Waals surface area contributed by atoms with Gasteiger partial charge >= 0.3 is 195 Å². The van der Waals surface area contributed by atoms with Gasteiger partial charge in [0.05, 0.1) is 0 Å². The summed E-state index contributed by atoms with van der Waals surface area (Å²) in [6.45, 7) is 2.59. The molecule has 0 aromatic heterocycles. The Morgan fingerprint density at radius 1 is 0.844 bits per heavy atom. The van der Waals surface area contributed by atoms with Crippen LogP contribution in [0, 0.1) is 0 Å². The van der Waals surface area contributed by atoms with Gasteiger partial charge in [0.2, 0.25) is 0 Å². The molecule has 1 aliphatic heterocycles. The molecule has 2 aromatic carbocycles. The number of benzene rings is 2. The first-order valence-corrected chi connectivity index (χ1v) is 11.4. The Labute approximate surface area is 195 Å². The number of halogens is 3. The summed E-state index contributed by atoms with van der Waals surface area (Å²) < 4.78 is 59.3. The molecule has 2 atom stereocenters. The molecule has 0 saturated heterocycles. The van der Waals surface area contributed by atoms with Crippen LogP contribution in [-0.2, 0) is 17.8 Å². The molecule has 0 saturated carbocycles. The molecule has 0 spiro atoms. The number of nitrogens with zero attached hydrogens (tertiary/aromatic N) is 1. The zero-order chi connectivity index (χ0) is 23.4. The van der Waals surface area contributed by atoms with Crippen LogP contribution >= 0.6 is 0 Å². The standard InChI is InChI=1S/C24H28AsF3NO3/c1-4-32-23-21(24(26,27)28)13-14-22(25)29(23,15-17-5-9-19(30-2)10-6-17)16-18-7-11-20(31-3)12-8-18/h5-14,23H,4,15-16,25H2,1-3H3/q+1. The third-order valence-electron chi connectivity index (χ3n) is 5.56. The van der Waals surface area contributed by atoms with Crippen LogP contribution in [0.1, 0.15) is 18.1 Å². The first-order valence-electron chi connectivity index (χ1n) is 10.2. The van der Waals surface area contributed by atoms with Gasteiger partial charge in [-0.2, -0.15) is 0 Å². The maximum atomic E-state index is 14.0. The van der Waals surface area contributed by atoms with Crippen molar-refractivity contribution in [3.63, 3.8) is 0 Å². The zero-order valence-corrected chi connectivity index (χ0v) is 20.8. The monoisotopic (exact) mass is 510 g/mol. The van der Waals surface area contributed by atoms with Crippen LogP contribution in [0.15, 0.2) is 70.7 Å². The second-order valence-corrected chi connectivity index (χ2v) is 8.81. The molecule has 4 nitrogen and oxygen atoms in total. The van der Waals surface area contributed by atoms with Crippen LogP contribution in [0.5, 0.6) is 11.5 Å². The summed E-state index contributed by atoms with van der Waals surface area (Å²) in [6.07, 6.45) is -2.91. The molecule has 0 radical (unpaired) electrons. The average molecular weight is 510 g/mol. The predicted molar refractivity (Wildman–Crippen MR) is 120 cm³/mol. The van der Waals surface area contributed by atoms with Crippen molar-refractivity contribution in [2.24, 2.45) is 0 Å². The first-order chi connectivity index (χ1) is 15.2. The number of hydrogen-bond acceptors (Lipinski definition) is 3. The van der Waals surface area contributed by atoms with Gasteiger partial charge in [0, 0.05) is 0 Å². The van der Waals surface area contributed by atoms with E-state index >= 15 is 0 Å². The van der Waals surface area contributed by atoms with Crippen LogP contribution in [0.3, 0.4) is 0 Å². The topological polar surface area (TPSA) is 27.7 Å². The summed E-state index contributed by atoms with van der Waals surface area (Å²) in [7, 11) is 3.16. The number of hydrogen-bond donors (Lipinski definition) is 0. The summed E-state index contributed by atoms with van der Waals surface area (Å²) in [5, 5.41) is 0. The van der Waals surface area contributed by atoms with Gasteiger partial charge in [-0.15, -0.1) is 0 Å². The van der Waals surface area contributed by atoms with E-state index in [1.807, 2.05) is 48.5 Å². The van der Waals surface area contributed by atoms with Gasteiger partial charge in [0.1, 0.15) is 0 Å². The quantitative estimate of drug-likeness (QED) is 0.385. The molecule has 0 amide bonds. The van der Waals surface area contributed by atoms with Gasteiger partial charge in [-0.05, 0) is 0 Å². The van der Waals surface area contributed by atoms with E-state index in [0.29, 0.717) is 24.6 Å². The van der Waals surface area contributed by atoms with E-state index in [0.717, 1.165) is 21.7 Å². The van der Waals surface area contributed by atoms with Gasteiger partial charge in [0.25, 0.3) is 0 Å². The molecule has 0 bridgehead atoms. The minimum absolute atomic E-state index is 0.0117. The van der Waals surface area contributed by atoms with Crippen LogP contribution in [-0.4, -0.2) is 54.6 Å². The van der Waals surface area contributed by atoms with Crippen LogP contribution in [0.2, 0.25) is 0 Å². The van der Waals surface area contributed by atoms with E-state index in [4.69, 9.17) is 14.2 Å². The van der Waals surface area contributed by atoms with E-state index in [-0.39, 0.29) is 11.1 Å². The molecule has 0 aliphatic carbocycles. The fourth-order valence-corrected chi connectivity index (χ4v) is 4.82. The number of rotatable bonds is 8. The number of ether oxygens (including phenoxy) is 3. The van der Waals surface area contributed by atoms with E-state index in [1.54, 1.807) is 27.2 Å². The second kappa shape index (κ2) is 10.2. The summed E-state index contributed by atoms with van der Waals surface area (Å²) >= 11 is 1.29. The summed E-state index contributed by atoms with van der Waals surface area (Å²) in [5.74, 6) is 1.39. The fraction of sp³-hybridized carbons (Fsp3) is 0.333. The van der Waals surface area contributed by atoms with Crippen molar-refractivity contribution in [3.8, 4) is 11.5 Å². The Hall–Kier alpha value is -2.21. The molecule has 2 aromatic rings. The Morgan fingerprint density at radius 3 is 1.69 bits per heavy atom. The SMILES string of the molecule is CCOC1C(C(F)(F)F)=CC=C([AsH2])[N+]1(Cc1ccc(OC)cc1)Cc1ccc(OC)cc1. The van der Waals surface area contributed by atoms with Gasteiger partial charge in [-0.25, -0.2) is 0 Å². The third kappa shape index (κ3) is 5.22. The third-order valence-corrected chi connectivity index (χ3v) is 7.04. The predicted octanol–water partition coefficient (Wildman–Crippen LogP) is 4.56. The van der Waals surface area contributed by atoms with Gasteiger partial charge in [-0.3, -0.25) is 0 Å².